The van der Waals surface area contributed by atoms with Gasteiger partial charge in [0.05, 0.1) is 26.4 Å². The van der Waals surface area contributed by atoms with Crippen LogP contribution in [0.2, 0.25) is 5.02 Å². The lowest BCUT2D eigenvalue weighted by molar-refractivity contribution is 0.0736. The maximum absolute atomic E-state index is 6.29. The zero-order valence-corrected chi connectivity index (χ0v) is 13.1. The van der Waals surface area contributed by atoms with Gasteiger partial charge in [0.2, 0.25) is 0 Å². The zero-order chi connectivity index (χ0) is 14.7. The van der Waals surface area contributed by atoms with Gasteiger partial charge in [0.15, 0.2) is 0 Å². The molecule has 2 fully saturated rings. The third-order valence-corrected chi connectivity index (χ3v) is 4.50. The molecule has 2 saturated heterocycles. The number of morpholine rings is 1. The summed E-state index contributed by atoms with van der Waals surface area (Å²) in [6.07, 6.45) is 2.05. The van der Waals surface area contributed by atoms with Gasteiger partial charge in [-0.25, -0.2) is 0 Å². The van der Waals surface area contributed by atoms with Crippen molar-refractivity contribution in [2.24, 2.45) is 0 Å². The lowest BCUT2D eigenvalue weighted by Gasteiger charge is -2.31. The first-order valence-electron chi connectivity index (χ1n) is 7.56. The maximum Gasteiger partial charge on any atom is 0.124 e. The van der Waals surface area contributed by atoms with Crippen molar-refractivity contribution in [2.45, 2.75) is 24.8 Å². The van der Waals surface area contributed by atoms with Crippen molar-refractivity contribution in [3.05, 3.63) is 28.3 Å². The van der Waals surface area contributed by atoms with Crippen LogP contribution in [0.3, 0.4) is 0 Å². The molecule has 3 rings (SSSR count). The van der Waals surface area contributed by atoms with Crippen LogP contribution >= 0.6 is 11.6 Å². The molecule has 0 radical (unpaired) electrons. The SMILES string of the molecule is COc1cc(Cl)cc([C@@H]2COCCN2)c1C1CCOCC1. The van der Waals surface area contributed by atoms with Crippen LogP contribution in [0.25, 0.3) is 0 Å². The molecule has 116 valence electrons. The number of hydrogen-bond donors (Lipinski definition) is 1. The van der Waals surface area contributed by atoms with E-state index < -0.39 is 0 Å². The highest BCUT2D eigenvalue weighted by Crippen LogP contribution is 2.40. The molecule has 0 spiro atoms. The largest absolute Gasteiger partial charge is 0.496 e. The average molecular weight is 312 g/mol. The van der Waals surface area contributed by atoms with Crippen LogP contribution in [-0.2, 0) is 9.47 Å². The van der Waals surface area contributed by atoms with Crippen LogP contribution in [0.1, 0.15) is 35.9 Å². The van der Waals surface area contributed by atoms with Gasteiger partial charge < -0.3 is 19.5 Å². The number of methoxy groups -OCH3 is 1. The van der Waals surface area contributed by atoms with E-state index in [2.05, 4.69) is 11.4 Å². The minimum Gasteiger partial charge on any atom is -0.496 e. The molecule has 1 atom stereocenters. The molecule has 1 N–H and O–H groups in total. The summed E-state index contributed by atoms with van der Waals surface area (Å²) in [6.45, 7) is 3.93. The first-order chi connectivity index (χ1) is 10.3. The fourth-order valence-electron chi connectivity index (χ4n) is 3.26. The summed E-state index contributed by atoms with van der Waals surface area (Å²) >= 11 is 6.29. The minimum absolute atomic E-state index is 0.184. The quantitative estimate of drug-likeness (QED) is 0.932. The van der Waals surface area contributed by atoms with Gasteiger partial charge in [-0.2, -0.15) is 0 Å². The standard InChI is InChI=1S/C16H22ClNO3/c1-19-15-9-12(17)8-13(14-10-21-7-4-18-14)16(15)11-2-5-20-6-3-11/h8-9,11,14,18H,2-7,10H2,1H3/t14-/m0/s1. The van der Waals surface area contributed by atoms with Crippen molar-refractivity contribution in [1.82, 2.24) is 5.32 Å². The lowest BCUT2D eigenvalue weighted by Crippen LogP contribution is -2.35. The second-order valence-electron chi connectivity index (χ2n) is 5.58. The molecule has 0 aliphatic carbocycles. The van der Waals surface area contributed by atoms with E-state index >= 15 is 0 Å². The number of hydrogen-bond acceptors (Lipinski definition) is 4. The molecular weight excluding hydrogens is 290 g/mol. The van der Waals surface area contributed by atoms with E-state index in [4.69, 9.17) is 25.8 Å². The molecule has 2 aliphatic rings. The van der Waals surface area contributed by atoms with Crippen LogP contribution in [0.15, 0.2) is 12.1 Å². The zero-order valence-electron chi connectivity index (χ0n) is 12.4. The summed E-state index contributed by atoms with van der Waals surface area (Å²) < 4.78 is 16.7. The van der Waals surface area contributed by atoms with Crippen molar-refractivity contribution in [1.29, 1.82) is 0 Å². The van der Waals surface area contributed by atoms with Crippen LogP contribution in [-0.4, -0.2) is 40.1 Å². The molecule has 4 nitrogen and oxygen atoms in total. The van der Waals surface area contributed by atoms with Crippen molar-refractivity contribution in [2.75, 3.05) is 40.1 Å². The van der Waals surface area contributed by atoms with E-state index in [1.807, 2.05) is 6.07 Å². The highest BCUT2D eigenvalue weighted by molar-refractivity contribution is 6.30. The first kappa shape index (κ1) is 15.1. The second-order valence-corrected chi connectivity index (χ2v) is 6.02. The van der Waals surface area contributed by atoms with Gasteiger partial charge in [-0.3, -0.25) is 0 Å². The van der Waals surface area contributed by atoms with Crippen molar-refractivity contribution in [3.63, 3.8) is 0 Å². The Morgan fingerprint density at radius 1 is 1.19 bits per heavy atom. The number of ether oxygens (including phenoxy) is 3. The highest BCUT2D eigenvalue weighted by Gasteiger charge is 2.27. The molecule has 0 bridgehead atoms. The van der Waals surface area contributed by atoms with E-state index in [1.54, 1.807) is 7.11 Å². The van der Waals surface area contributed by atoms with E-state index in [9.17, 15) is 0 Å². The normalized spacial score (nSPS) is 24.0. The van der Waals surface area contributed by atoms with Crippen LogP contribution in [0.4, 0.5) is 0 Å². The molecule has 0 aromatic heterocycles. The summed E-state index contributed by atoms with van der Waals surface area (Å²) in [6, 6.07) is 4.16. The van der Waals surface area contributed by atoms with Crippen LogP contribution in [0.5, 0.6) is 5.75 Å². The molecule has 1 aromatic carbocycles. The number of nitrogens with one attached hydrogen (secondary N) is 1. The lowest BCUT2D eigenvalue weighted by atomic mass is 9.85. The van der Waals surface area contributed by atoms with Gasteiger partial charge in [-0.05, 0) is 36.5 Å². The number of benzene rings is 1. The number of halogens is 1. The Morgan fingerprint density at radius 2 is 2.00 bits per heavy atom. The Morgan fingerprint density at radius 3 is 2.67 bits per heavy atom. The van der Waals surface area contributed by atoms with Gasteiger partial charge in [0, 0.05) is 30.3 Å². The van der Waals surface area contributed by atoms with Crippen molar-refractivity contribution >= 4 is 11.6 Å². The van der Waals surface area contributed by atoms with Gasteiger partial charge in [-0.1, -0.05) is 11.6 Å². The van der Waals surface area contributed by atoms with Crippen LogP contribution in [0, 0.1) is 0 Å². The monoisotopic (exact) mass is 311 g/mol. The van der Waals surface area contributed by atoms with E-state index in [0.717, 1.165) is 45.0 Å². The summed E-state index contributed by atoms with van der Waals surface area (Å²) in [5.41, 5.74) is 2.49. The second kappa shape index (κ2) is 6.97. The van der Waals surface area contributed by atoms with E-state index in [0.29, 0.717) is 17.5 Å². The Balaban J connectivity index is 2.00. The fourth-order valence-corrected chi connectivity index (χ4v) is 3.48. The predicted octanol–water partition coefficient (Wildman–Crippen LogP) is 2.90. The Labute approximate surface area is 130 Å². The summed E-state index contributed by atoms with van der Waals surface area (Å²) in [7, 11) is 1.71. The highest BCUT2D eigenvalue weighted by atomic mass is 35.5. The van der Waals surface area contributed by atoms with E-state index in [-0.39, 0.29) is 6.04 Å². The summed E-state index contributed by atoms with van der Waals surface area (Å²) in [5.74, 6) is 1.35. The first-order valence-corrected chi connectivity index (χ1v) is 7.93. The van der Waals surface area contributed by atoms with E-state index in [1.165, 1.54) is 11.1 Å². The molecule has 1 aromatic rings. The topological polar surface area (TPSA) is 39.7 Å². The third-order valence-electron chi connectivity index (χ3n) is 4.29. The van der Waals surface area contributed by atoms with Crippen LogP contribution < -0.4 is 10.1 Å². The molecule has 0 saturated carbocycles. The molecule has 2 heterocycles. The number of rotatable bonds is 3. The third kappa shape index (κ3) is 3.34. The fraction of sp³-hybridized carbons (Fsp3) is 0.625. The van der Waals surface area contributed by atoms with Gasteiger partial charge in [0.25, 0.3) is 0 Å². The molecule has 21 heavy (non-hydrogen) atoms. The molecule has 0 unspecified atom stereocenters. The van der Waals surface area contributed by atoms with Gasteiger partial charge >= 0.3 is 0 Å². The molecular formula is C16H22ClNO3. The summed E-state index contributed by atoms with van der Waals surface area (Å²) in [5, 5.41) is 4.24. The smallest absolute Gasteiger partial charge is 0.124 e. The van der Waals surface area contributed by atoms with Crippen molar-refractivity contribution in [3.8, 4) is 5.75 Å². The average Bonchev–Trinajstić information content (AvgIpc) is 2.55. The van der Waals surface area contributed by atoms with Gasteiger partial charge in [-0.15, -0.1) is 0 Å². The Bertz CT molecular complexity index is 483. The molecule has 0 amide bonds. The molecule has 2 aliphatic heterocycles. The maximum atomic E-state index is 6.29. The Hall–Kier alpha value is -0.810. The predicted molar refractivity (Wildman–Crippen MR) is 82.4 cm³/mol. The minimum atomic E-state index is 0.184. The van der Waals surface area contributed by atoms with Gasteiger partial charge in [0.1, 0.15) is 5.75 Å². The van der Waals surface area contributed by atoms with Crippen molar-refractivity contribution < 1.29 is 14.2 Å². The summed E-state index contributed by atoms with van der Waals surface area (Å²) in [4.78, 5) is 0. The molecule has 5 heteroatoms. The Kier molecular flexibility index (Phi) is 5.01.